The van der Waals surface area contributed by atoms with Gasteiger partial charge in [-0.25, -0.2) is 4.98 Å². The molecule has 0 fully saturated rings. The molecular formula is C19H19N5O2. The second-order valence-corrected chi connectivity index (χ2v) is 5.82. The van der Waals surface area contributed by atoms with E-state index in [0.29, 0.717) is 17.2 Å². The van der Waals surface area contributed by atoms with Crippen molar-refractivity contribution < 1.29 is 9.59 Å². The van der Waals surface area contributed by atoms with Crippen LogP contribution in [0.4, 0.5) is 5.69 Å². The summed E-state index contributed by atoms with van der Waals surface area (Å²) in [5.74, 6) is 0.271. The van der Waals surface area contributed by atoms with Crippen LogP contribution in [-0.4, -0.2) is 26.3 Å². The summed E-state index contributed by atoms with van der Waals surface area (Å²) in [6.07, 6.45) is 5.08. The first kappa shape index (κ1) is 17.3. The van der Waals surface area contributed by atoms with Crippen LogP contribution in [0, 0.1) is 0 Å². The normalized spacial score (nSPS) is 11.6. The molecule has 2 amide bonds. The molecule has 26 heavy (non-hydrogen) atoms. The number of amides is 2. The maximum Gasteiger partial charge on any atom is 0.270 e. The second-order valence-electron chi connectivity index (χ2n) is 5.82. The lowest BCUT2D eigenvalue weighted by Crippen LogP contribution is -2.31. The molecule has 3 rings (SSSR count). The highest BCUT2D eigenvalue weighted by Crippen LogP contribution is 2.22. The number of aromatic nitrogens is 3. The molecule has 0 aliphatic heterocycles. The van der Waals surface area contributed by atoms with Gasteiger partial charge in [-0.05, 0) is 29.8 Å². The zero-order valence-corrected chi connectivity index (χ0v) is 14.5. The lowest BCUT2D eigenvalue weighted by molar-refractivity contribution is -0.114. The van der Waals surface area contributed by atoms with E-state index >= 15 is 0 Å². The van der Waals surface area contributed by atoms with E-state index in [4.69, 9.17) is 0 Å². The second kappa shape index (κ2) is 7.60. The van der Waals surface area contributed by atoms with E-state index in [2.05, 4.69) is 20.6 Å². The van der Waals surface area contributed by atoms with Crippen LogP contribution in [0.1, 0.15) is 34.8 Å². The maximum absolute atomic E-state index is 12.6. The minimum absolute atomic E-state index is 0.137. The molecule has 2 heterocycles. The molecule has 0 radical (unpaired) electrons. The van der Waals surface area contributed by atoms with Crippen molar-refractivity contribution in [3.05, 3.63) is 78.1 Å². The fraction of sp³-hybridized carbons (Fsp3) is 0.158. The van der Waals surface area contributed by atoms with Crippen molar-refractivity contribution in [1.29, 1.82) is 0 Å². The molecule has 0 bridgehead atoms. The van der Waals surface area contributed by atoms with Crippen molar-refractivity contribution >= 4 is 17.5 Å². The van der Waals surface area contributed by atoms with Crippen molar-refractivity contribution in [2.45, 2.75) is 13.0 Å². The number of hydrogen-bond donors (Lipinski definition) is 2. The molecule has 1 atom stereocenters. The minimum Gasteiger partial charge on any atom is -0.337 e. The number of anilines is 1. The Labute approximate surface area is 151 Å². The first-order chi connectivity index (χ1) is 12.5. The van der Waals surface area contributed by atoms with Crippen molar-refractivity contribution in [2.24, 2.45) is 7.05 Å². The Bertz CT molecular complexity index is 903. The lowest BCUT2D eigenvalue weighted by Gasteiger charge is -2.19. The Balaban J connectivity index is 1.90. The smallest absolute Gasteiger partial charge is 0.270 e. The van der Waals surface area contributed by atoms with E-state index in [1.165, 1.54) is 6.92 Å². The number of nitrogens with one attached hydrogen (secondary N) is 2. The summed E-state index contributed by atoms with van der Waals surface area (Å²) in [4.78, 5) is 32.2. The topological polar surface area (TPSA) is 88.9 Å². The quantitative estimate of drug-likeness (QED) is 0.740. The molecule has 0 saturated carbocycles. The van der Waals surface area contributed by atoms with Crippen molar-refractivity contribution in [1.82, 2.24) is 19.9 Å². The van der Waals surface area contributed by atoms with Crippen molar-refractivity contribution in [3.8, 4) is 0 Å². The Morgan fingerprint density at radius 3 is 2.38 bits per heavy atom. The summed E-state index contributed by atoms with van der Waals surface area (Å²) in [6, 6.07) is 12.0. The van der Waals surface area contributed by atoms with Gasteiger partial charge in [0.1, 0.15) is 17.6 Å². The van der Waals surface area contributed by atoms with E-state index in [1.807, 2.05) is 29.9 Å². The number of rotatable bonds is 5. The Kier molecular flexibility index (Phi) is 5.07. The van der Waals surface area contributed by atoms with E-state index in [9.17, 15) is 9.59 Å². The molecular weight excluding hydrogens is 330 g/mol. The van der Waals surface area contributed by atoms with Gasteiger partial charge in [-0.3, -0.25) is 14.6 Å². The number of benzene rings is 1. The molecule has 2 N–H and O–H groups in total. The standard InChI is InChI=1S/C19H19N5O2/c1-13(25)22-15-8-6-14(7-9-15)17(18-21-11-12-24(18)2)23-19(26)16-5-3-4-10-20-16/h3-12,17H,1-2H3,(H,22,25)(H,23,26). The average molecular weight is 349 g/mol. The average Bonchev–Trinajstić information content (AvgIpc) is 3.06. The van der Waals surface area contributed by atoms with Gasteiger partial charge >= 0.3 is 0 Å². The number of aryl methyl sites for hydroxylation is 1. The van der Waals surface area contributed by atoms with Crippen LogP contribution < -0.4 is 10.6 Å². The van der Waals surface area contributed by atoms with Crippen LogP contribution in [0.25, 0.3) is 0 Å². The van der Waals surface area contributed by atoms with E-state index in [1.54, 1.807) is 42.7 Å². The summed E-state index contributed by atoms with van der Waals surface area (Å²) in [5, 5.41) is 5.71. The third-order valence-electron chi connectivity index (χ3n) is 3.85. The highest BCUT2D eigenvalue weighted by atomic mass is 16.2. The number of imidazole rings is 1. The zero-order chi connectivity index (χ0) is 18.5. The summed E-state index contributed by atoms with van der Waals surface area (Å²) in [7, 11) is 1.87. The molecule has 0 spiro atoms. The van der Waals surface area contributed by atoms with E-state index in [-0.39, 0.29) is 11.8 Å². The molecule has 0 saturated heterocycles. The predicted molar refractivity (Wildman–Crippen MR) is 97.5 cm³/mol. The predicted octanol–water partition coefficient (Wildman–Crippen LogP) is 2.29. The first-order valence-corrected chi connectivity index (χ1v) is 8.11. The minimum atomic E-state index is -0.448. The fourth-order valence-corrected chi connectivity index (χ4v) is 2.62. The summed E-state index contributed by atoms with van der Waals surface area (Å²) in [5.41, 5.74) is 1.87. The molecule has 1 unspecified atom stereocenters. The summed E-state index contributed by atoms with van der Waals surface area (Å²) >= 11 is 0. The summed E-state index contributed by atoms with van der Waals surface area (Å²) < 4.78 is 1.85. The monoisotopic (exact) mass is 349 g/mol. The largest absolute Gasteiger partial charge is 0.337 e. The number of nitrogens with zero attached hydrogens (tertiary/aromatic N) is 3. The van der Waals surface area contributed by atoms with Crippen LogP contribution in [-0.2, 0) is 11.8 Å². The van der Waals surface area contributed by atoms with E-state index < -0.39 is 6.04 Å². The Morgan fingerprint density at radius 2 is 1.81 bits per heavy atom. The van der Waals surface area contributed by atoms with E-state index in [0.717, 1.165) is 5.56 Å². The van der Waals surface area contributed by atoms with Crippen LogP contribution in [0.2, 0.25) is 0 Å². The van der Waals surface area contributed by atoms with Gasteiger partial charge in [0.05, 0.1) is 0 Å². The highest BCUT2D eigenvalue weighted by Gasteiger charge is 2.22. The Hall–Kier alpha value is -3.48. The van der Waals surface area contributed by atoms with Gasteiger partial charge in [0, 0.05) is 38.2 Å². The number of carbonyl (C=O) groups excluding carboxylic acids is 2. The zero-order valence-electron chi connectivity index (χ0n) is 14.5. The number of carbonyl (C=O) groups is 2. The van der Waals surface area contributed by atoms with Gasteiger partial charge in [0.2, 0.25) is 5.91 Å². The molecule has 132 valence electrons. The van der Waals surface area contributed by atoms with Crippen LogP contribution in [0.3, 0.4) is 0 Å². The van der Waals surface area contributed by atoms with Gasteiger partial charge in [-0.2, -0.15) is 0 Å². The third-order valence-corrected chi connectivity index (χ3v) is 3.85. The van der Waals surface area contributed by atoms with Crippen molar-refractivity contribution in [3.63, 3.8) is 0 Å². The van der Waals surface area contributed by atoms with Gasteiger partial charge in [0.15, 0.2) is 0 Å². The molecule has 7 heteroatoms. The Morgan fingerprint density at radius 1 is 1.04 bits per heavy atom. The van der Waals surface area contributed by atoms with Crippen LogP contribution in [0.15, 0.2) is 61.1 Å². The number of hydrogen-bond acceptors (Lipinski definition) is 4. The molecule has 7 nitrogen and oxygen atoms in total. The maximum atomic E-state index is 12.6. The number of pyridine rings is 1. The third kappa shape index (κ3) is 3.94. The molecule has 0 aliphatic rings. The molecule has 3 aromatic rings. The van der Waals surface area contributed by atoms with Gasteiger partial charge in [-0.1, -0.05) is 18.2 Å². The van der Waals surface area contributed by atoms with Crippen LogP contribution >= 0.6 is 0 Å². The highest BCUT2D eigenvalue weighted by molar-refractivity contribution is 5.92. The molecule has 1 aromatic carbocycles. The molecule has 2 aromatic heterocycles. The van der Waals surface area contributed by atoms with Crippen molar-refractivity contribution in [2.75, 3.05) is 5.32 Å². The van der Waals surface area contributed by atoms with Gasteiger partial charge < -0.3 is 15.2 Å². The fourth-order valence-electron chi connectivity index (χ4n) is 2.62. The first-order valence-electron chi connectivity index (χ1n) is 8.11. The molecule has 0 aliphatic carbocycles. The lowest BCUT2D eigenvalue weighted by atomic mass is 10.1. The summed E-state index contributed by atoms with van der Waals surface area (Å²) in [6.45, 7) is 1.46. The van der Waals surface area contributed by atoms with Gasteiger partial charge in [0.25, 0.3) is 5.91 Å². The van der Waals surface area contributed by atoms with Gasteiger partial charge in [-0.15, -0.1) is 0 Å². The van der Waals surface area contributed by atoms with Crippen LogP contribution in [0.5, 0.6) is 0 Å². The SMILES string of the molecule is CC(=O)Nc1ccc(C(NC(=O)c2ccccn2)c2nccn2C)cc1.